The SMILES string of the molecule is c1ccc(-c2ccc(C3=C(c4ccc5c(c4)oc4cc(-c6ccc7c8ccccc8n8c9ccccc9c6c78)ccc45)C3c3ccc4c(c3)sc3ccccc34)cc2)cc1. The van der Waals surface area contributed by atoms with E-state index in [1.54, 1.807) is 0 Å². The molecule has 278 valence electrons. The van der Waals surface area contributed by atoms with Crippen molar-refractivity contribution in [2.45, 2.75) is 5.92 Å². The quantitative estimate of drug-likeness (QED) is 0.170. The van der Waals surface area contributed by atoms with Gasteiger partial charge in [-0.25, -0.2) is 0 Å². The third-order valence-electron chi connectivity index (χ3n) is 13.2. The Morgan fingerprint density at radius 2 is 0.950 bits per heavy atom. The molecular weight excluding hydrogens is 747 g/mol. The zero-order chi connectivity index (χ0) is 39.1. The van der Waals surface area contributed by atoms with Crippen molar-refractivity contribution < 1.29 is 4.42 Å². The van der Waals surface area contributed by atoms with E-state index in [1.807, 2.05) is 11.3 Å². The number of fused-ring (bicyclic) bond motifs is 12. The molecule has 4 aromatic heterocycles. The summed E-state index contributed by atoms with van der Waals surface area (Å²) in [6.07, 6.45) is 0. The smallest absolute Gasteiger partial charge is 0.136 e. The van der Waals surface area contributed by atoms with Gasteiger partial charge in [-0.05, 0) is 98.6 Å². The van der Waals surface area contributed by atoms with Crippen LogP contribution in [-0.4, -0.2) is 4.40 Å². The average molecular weight is 780 g/mol. The molecule has 0 saturated carbocycles. The lowest BCUT2D eigenvalue weighted by atomic mass is 9.96. The van der Waals surface area contributed by atoms with E-state index in [4.69, 9.17) is 4.42 Å². The summed E-state index contributed by atoms with van der Waals surface area (Å²) in [5, 5.41) is 10.1. The number of thiophene rings is 1. The molecule has 1 aliphatic rings. The van der Waals surface area contributed by atoms with Gasteiger partial charge in [0, 0.05) is 58.4 Å². The van der Waals surface area contributed by atoms with Crippen LogP contribution >= 0.6 is 11.3 Å². The maximum Gasteiger partial charge on any atom is 0.136 e. The molecule has 13 aromatic rings. The predicted molar refractivity (Wildman–Crippen MR) is 255 cm³/mol. The maximum atomic E-state index is 6.84. The molecule has 14 rings (SSSR count). The van der Waals surface area contributed by atoms with Gasteiger partial charge in [0.2, 0.25) is 0 Å². The number of aromatic nitrogens is 1. The van der Waals surface area contributed by atoms with Gasteiger partial charge in [0.25, 0.3) is 0 Å². The van der Waals surface area contributed by atoms with Crippen LogP contribution in [0.2, 0.25) is 0 Å². The van der Waals surface area contributed by atoms with E-state index in [-0.39, 0.29) is 5.92 Å². The van der Waals surface area contributed by atoms with E-state index in [2.05, 4.69) is 199 Å². The van der Waals surface area contributed by atoms with Crippen LogP contribution in [-0.2, 0) is 0 Å². The second-order valence-electron chi connectivity index (χ2n) is 16.3. The van der Waals surface area contributed by atoms with Gasteiger partial charge >= 0.3 is 0 Å². The van der Waals surface area contributed by atoms with Crippen LogP contribution in [0.5, 0.6) is 0 Å². The monoisotopic (exact) mass is 779 g/mol. The summed E-state index contributed by atoms with van der Waals surface area (Å²) < 4.78 is 12.0. The van der Waals surface area contributed by atoms with Crippen LogP contribution in [0.1, 0.15) is 22.6 Å². The molecule has 0 aliphatic heterocycles. The molecule has 0 amide bonds. The minimum atomic E-state index is 0.205. The van der Waals surface area contributed by atoms with E-state index in [9.17, 15) is 0 Å². The van der Waals surface area contributed by atoms with Gasteiger partial charge < -0.3 is 8.82 Å². The Morgan fingerprint density at radius 1 is 0.383 bits per heavy atom. The van der Waals surface area contributed by atoms with E-state index >= 15 is 0 Å². The summed E-state index contributed by atoms with van der Waals surface area (Å²) in [6.45, 7) is 0. The Morgan fingerprint density at radius 3 is 1.77 bits per heavy atom. The van der Waals surface area contributed by atoms with Crippen molar-refractivity contribution in [1.29, 1.82) is 0 Å². The third-order valence-corrected chi connectivity index (χ3v) is 14.3. The van der Waals surface area contributed by atoms with Crippen LogP contribution in [0.25, 0.3) is 114 Å². The van der Waals surface area contributed by atoms with E-state index in [0.717, 1.165) is 27.5 Å². The molecule has 0 spiro atoms. The molecule has 1 aliphatic carbocycles. The summed E-state index contributed by atoms with van der Waals surface area (Å²) >= 11 is 1.89. The van der Waals surface area contributed by atoms with E-state index < -0.39 is 0 Å². The highest BCUT2D eigenvalue weighted by Gasteiger charge is 2.40. The summed E-state index contributed by atoms with van der Waals surface area (Å²) in [6, 6.07) is 71.5. The van der Waals surface area contributed by atoms with Crippen LogP contribution in [0.3, 0.4) is 0 Å². The summed E-state index contributed by atoms with van der Waals surface area (Å²) in [5.74, 6) is 0.205. The number of nitrogens with zero attached hydrogens (tertiary/aromatic N) is 1. The molecule has 1 unspecified atom stereocenters. The average Bonchev–Trinajstić information content (AvgIpc) is 3.53. The second-order valence-corrected chi connectivity index (χ2v) is 17.4. The van der Waals surface area contributed by atoms with Crippen molar-refractivity contribution >= 4 is 103 Å². The molecular formula is C57H33NOS. The number of para-hydroxylation sites is 2. The van der Waals surface area contributed by atoms with Crippen molar-refractivity contribution in [3.63, 3.8) is 0 Å². The maximum absolute atomic E-state index is 6.84. The van der Waals surface area contributed by atoms with Gasteiger partial charge in [-0.3, -0.25) is 0 Å². The molecule has 60 heavy (non-hydrogen) atoms. The van der Waals surface area contributed by atoms with E-state index in [1.165, 1.54) is 103 Å². The van der Waals surface area contributed by atoms with Crippen molar-refractivity contribution in [2.75, 3.05) is 0 Å². The van der Waals surface area contributed by atoms with Crippen LogP contribution in [0.15, 0.2) is 199 Å². The molecule has 0 bridgehead atoms. The Bertz CT molecular complexity index is 3930. The first-order valence-corrected chi connectivity index (χ1v) is 21.5. The molecule has 0 fully saturated rings. The standard InChI is InChI=1S/C57H33NOS/c1-2-10-33(11-3-1)34-18-20-35(21-19-34)53-54(55(53)38-24-27-44-43-13-6-9-17-51(43)60-52(44)32-38)37-23-26-42-41-25-22-36(30-49(41)59-50(42)31-37)39-28-29-45-40-12-4-7-15-47(40)58-48-16-8-5-14-46(48)56(39)57(45)58/h1-32,55H. The van der Waals surface area contributed by atoms with Crippen LogP contribution in [0, 0.1) is 0 Å². The molecule has 2 nitrogen and oxygen atoms in total. The zero-order valence-corrected chi connectivity index (χ0v) is 33.1. The largest absolute Gasteiger partial charge is 0.456 e. The van der Waals surface area contributed by atoms with Crippen molar-refractivity contribution in [3.8, 4) is 22.3 Å². The Kier molecular flexibility index (Phi) is 6.52. The fourth-order valence-corrected chi connectivity index (χ4v) is 11.6. The number of benzene rings is 9. The molecule has 0 N–H and O–H groups in total. The Labute approximate surface area is 348 Å². The highest BCUT2D eigenvalue weighted by molar-refractivity contribution is 7.25. The van der Waals surface area contributed by atoms with Gasteiger partial charge in [0.15, 0.2) is 0 Å². The first-order valence-electron chi connectivity index (χ1n) is 20.7. The van der Waals surface area contributed by atoms with E-state index in [0.29, 0.717) is 0 Å². The van der Waals surface area contributed by atoms with Crippen molar-refractivity contribution in [2.24, 2.45) is 0 Å². The Hall–Kier alpha value is -7.46. The summed E-state index contributed by atoms with van der Waals surface area (Å²) in [5.41, 5.74) is 17.0. The Balaban J connectivity index is 0.899. The predicted octanol–water partition coefficient (Wildman–Crippen LogP) is 16.1. The van der Waals surface area contributed by atoms with Crippen LogP contribution < -0.4 is 0 Å². The number of hydrogen-bond donors (Lipinski definition) is 0. The van der Waals surface area contributed by atoms with Gasteiger partial charge in [0.05, 0.1) is 16.6 Å². The van der Waals surface area contributed by atoms with Gasteiger partial charge in [0.1, 0.15) is 11.2 Å². The minimum absolute atomic E-state index is 0.205. The van der Waals surface area contributed by atoms with Gasteiger partial charge in [-0.1, -0.05) is 146 Å². The van der Waals surface area contributed by atoms with Crippen molar-refractivity contribution in [3.05, 3.63) is 211 Å². The fourth-order valence-electron chi connectivity index (χ4n) is 10.4. The van der Waals surface area contributed by atoms with Crippen molar-refractivity contribution in [1.82, 2.24) is 4.40 Å². The number of hydrogen-bond acceptors (Lipinski definition) is 2. The lowest BCUT2D eigenvalue weighted by molar-refractivity contribution is 0.669. The first-order chi connectivity index (χ1) is 29.7. The molecule has 1 atom stereocenters. The lowest BCUT2D eigenvalue weighted by Gasteiger charge is -2.06. The third kappa shape index (κ3) is 4.53. The highest BCUT2D eigenvalue weighted by Crippen LogP contribution is 2.60. The minimum Gasteiger partial charge on any atom is -0.456 e. The fraction of sp³-hybridized carbons (Fsp3) is 0.0175. The second kappa shape index (κ2) is 12.0. The lowest BCUT2D eigenvalue weighted by Crippen LogP contribution is -1.86. The van der Waals surface area contributed by atoms with Gasteiger partial charge in [-0.15, -0.1) is 11.3 Å². The van der Waals surface area contributed by atoms with Gasteiger partial charge in [-0.2, -0.15) is 0 Å². The van der Waals surface area contributed by atoms with Crippen LogP contribution in [0.4, 0.5) is 0 Å². The zero-order valence-electron chi connectivity index (χ0n) is 32.3. The molecule has 0 saturated heterocycles. The highest BCUT2D eigenvalue weighted by atomic mass is 32.1. The first kappa shape index (κ1) is 32.5. The number of rotatable bonds is 5. The summed E-state index contributed by atoms with van der Waals surface area (Å²) in [4.78, 5) is 0. The molecule has 0 radical (unpaired) electrons. The molecule has 3 heteroatoms. The number of allylic oxidation sites excluding steroid dienone is 2. The summed E-state index contributed by atoms with van der Waals surface area (Å²) in [7, 11) is 0. The normalized spacial score (nSPS) is 14.4. The topological polar surface area (TPSA) is 17.6 Å². The number of furan rings is 1. The molecule has 9 aromatic carbocycles. The molecule has 4 heterocycles.